The van der Waals surface area contributed by atoms with E-state index >= 15 is 0 Å². The zero-order valence-corrected chi connectivity index (χ0v) is 7.97. The van der Waals surface area contributed by atoms with E-state index in [0.717, 1.165) is 12.8 Å². The van der Waals surface area contributed by atoms with Gasteiger partial charge >= 0.3 is 6.09 Å². The van der Waals surface area contributed by atoms with Crippen molar-refractivity contribution in [3.63, 3.8) is 0 Å². The summed E-state index contributed by atoms with van der Waals surface area (Å²) in [6.45, 7) is 2.29. The van der Waals surface area contributed by atoms with Crippen LogP contribution in [0.2, 0.25) is 0 Å². The van der Waals surface area contributed by atoms with Gasteiger partial charge in [-0.3, -0.25) is 4.18 Å². The number of hydrogen-bond acceptors (Lipinski definition) is 3. The molecule has 5 nitrogen and oxygen atoms in total. The lowest BCUT2D eigenvalue weighted by Gasteiger charge is -2.10. The second-order valence-electron chi connectivity index (χ2n) is 2.17. The van der Waals surface area contributed by atoms with E-state index in [1.807, 2.05) is 6.92 Å². The summed E-state index contributed by atoms with van der Waals surface area (Å²) in [7, 11) is 1.20. The maximum Gasteiger partial charge on any atom is 0.420 e. The van der Waals surface area contributed by atoms with Crippen LogP contribution < -0.4 is 0 Å². The van der Waals surface area contributed by atoms with Crippen LogP contribution in [0.25, 0.3) is 0 Å². The zero-order valence-electron chi connectivity index (χ0n) is 7.15. The molecule has 0 aromatic carbocycles. The van der Waals surface area contributed by atoms with Gasteiger partial charge in [0.2, 0.25) is 0 Å². The highest BCUT2D eigenvalue weighted by Gasteiger charge is 2.13. The van der Waals surface area contributed by atoms with Crippen LogP contribution in [0.3, 0.4) is 0 Å². The van der Waals surface area contributed by atoms with Gasteiger partial charge in [-0.2, -0.15) is 0 Å². The molecular weight excluding hydrogens is 182 g/mol. The van der Waals surface area contributed by atoms with Crippen LogP contribution in [0, 0.1) is 0 Å². The van der Waals surface area contributed by atoms with Gasteiger partial charge in [0.05, 0.1) is 6.61 Å². The third-order valence-corrected chi connectivity index (χ3v) is 2.15. The summed E-state index contributed by atoms with van der Waals surface area (Å²) in [5.41, 5.74) is 0. The lowest BCUT2D eigenvalue weighted by Crippen LogP contribution is -2.28. The Morgan fingerprint density at radius 3 is 2.67 bits per heavy atom. The van der Waals surface area contributed by atoms with Crippen molar-refractivity contribution < 1.29 is 18.3 Å². The smallest absolute Gasteiger partial charge is 0.420 e. The average Bonchev–Trinajstić information content (AvgIpc) is 2.03. The fraction of sp³-hybridized carbons (Fsp3) is 0.833. The molecule has 0 saturated carbocycles. The third kappa shape index (κ3) is 4.30. The van der Waals surface area contributed by atoms with Crippen LogP contribution in [0.15, 0.2) is 0 Å². The standard InChI is InChI=1S/C6H13NO4S/c1-3-4-5-11-12(10)7(2)6(8)9/h3-5H2,1-2H3,(H,8,9). The molecule has 0 rings (SSSR count). The van der Waals surface area contributed by atoms with E-state index in [1.165, 1.54) is 7.05 Å². The van der Waals surface area contributed by atoms with E-state index in [2.05, 4.69) is 0 Å². The minimum Gasteiger partial charge on any atom is -0.464 e. The van der Waals surface area contributed by atoms with E-state index in [9.17, 15) is 9.00 Å². The maximum absolute atomic E-state index is 10.9. The minimum absolute atomic E-state index is 0.320. The molecule has 1 N–H and O–H groups in total. The average molecular weight is 195 g/mol. The van der Waals surface area contributed by atoms with Gasteiger partial charge in [-0.1, -0.05) is 13.3 Å². The fourth-order valence-electron chi connectivity index (χ4n) is 0.417. The van der Waals surface area contributed by atoms with Crippen molar-refractivity contribution in [3.8, 4) is 0 Å². The van der Waals surface area contributed by atoms with E-state index in [-0.39, 0.29) is 0 Å². The Labute approximate surface area is 74.1 Å². The Kier molecular flexibility index (Phi) is 5.65. The van der Waals surface area contributed by atoms with E-state index < -0.39 is 17.4 Å². The molecule has 0 fully saturated rings. The molecule has 6 heteroatoms. The summed E-state index contributed by atoms with van der Waals surface area (Å²) in [6.07, 6.45) is 0.442. The van der Waals surface area contributed by atoms with Gasteiger partial charge in [0.25, 0.3) is 11.3 Å². The molecule has 1 amide bonds. The summed E-state index contributed by atoms with van der Waals surface area (Å²) in [6, 6.07) is 0. The monoisotopic (exact) mass is 195 g/mol. The molecular formula is C6H13NO4S. The van der Waals surface area contributed by atoms with Gasteiger partial charge in [0.15, 0.2) is 0 Å². The molecule has 0 aliphatic rings. The molecule has 0 saturated heterocycles. The Hall–Kier alpha value is -0.620. The minimum atomic E-state index is -1.86. The predicted molar refractivity (Wildman–Crippen MR) is 44.8 cm³/mol. The largest absolute Gasteiger partial charge is 0.464 e. The van der Waals surface area contributed by atoms with Crippen molar-refractivity contribution in [3.05, 3.63) is 0 Å². The van der Waals surface area contributed by atoms with Crippen molar-refractivity contribution in [2.75, 3.05) is 13.7 Å². The molecule has 12 heavy (non-hydrogen) atoms. The number of carbonyl (C=O) groups is 1. The van der Waals surface area contributed by atoms with Crippen molar-refractivity contribution in [1.82, 2.24) is 4.31 Å². The number of carboxylic acid groups (broad SMARTS) is 1. The summed E-state index contributed by atoms with van der Waals surface area (Å²) in [5.74, 6) is 0. The Morgan fingerprint density at radius 1 is 1.67 bits per heavy atom. The van der Waals surface area contributed by atoms with Gasteiger partial charge in [0.1, 0.15) is 0 Å². The quantitative estimate of drug-likeness (QED) is 0.664. The number of rotatable bonds is 5. The molecule has 0 aliphatic carbocycles. The maximum atomic E-state index is 10.9. The topological polar surface area (TPSA) is 66.8 Å². The summed E-state index contributed by atoms with van der Waals surface area (Å²) < 4.78 is 16.2. The predicted octanol–water partition coefficient (Wildman–Crippen LogP) is 0.992. The van der Waals surface area contributed by atoms with Crippen LogP contribution in [-0.2, 0) is 15.4 Å². The van der Waals surface area contributed by atoms with Gasteiger partial charge < -0.3 is 5.11 Å². The number of amides is 1. The highest BCUT2D eigenvalue weighted by atomic mass is 32.2. The third-order valence-electron chi connectivity index (χ3n) is 1.18. The molecule has 72 valence electrons. The van der Waals surface area contributed by atoms with Crippen molar-refractivity contribution in [2.24, 2.45) is 0 Å². The molecule has 0 spiro atoms. The van der Waals surface area contributed by atoms with E-state index in [0.29, 0.717) is 10.9 Å². The second-order valence-corrected chi connectivity index (χ2v) is 3.39. The summed E-state index contributed by atoms with van der Waals surface area (Å²) in [4.78, 5) is 10.2. The molecule has 1 unspecified atom stereocenters. The molecule has 0 aliphatic heterocycles. The summed E-state index contributed by atoms with van der Waals surface area (Å²) in [5, 5.41) is 8.36. The first-order valence-electron chi connectivity index (χ1n) is 3.61. The molecule has 0 aromatic heterocycles. The fourth-order valence-corrected chi connectivity index (χ4v) is 0.963. The van der Waals surface area contributed by atoms with Crippen molar-refractivity contribution in [2.45, 2.75) is 19.8 Å². The lowest BCUT2D eigenvalue weighted by molar-refractivity contribution is 0.175. The zero-order chi connectivity index (χ0) is 9.56. The summed E-state index contributed by atoms with van der Waals surface area (Å²) >= 11 is -1.86. The van der Waals surface area contributed by atoms with Crippen LogP contribution in [0.5, 0.6) is 0 Å². The van der Waals surface area contributed by atoms with Crippen LogP contribution in [0.1, 0.15) is 19.8 Å². The Bertz CT molecular complexity index is 173. The van der Waals surface area contributed by atoms with Crippen molar-refractivity contribution >= 4 is 17.4 Å². The Morgan fingerprint density at radius 2 is 2.25 bits per heavy atom. The molecule has 0 heterocycles. The van der Waals surface area contributed by atoms with Gasteiger partial charge in [-0.05, 0) is 6.42 Å². The van der Waals surface area contributed by atoms with Gasteiger partial charge in [-0.15, -0.1) is 0 Å². The van der Waals surface area contributed by atoms with Crippen LogP contribution in [-0.4, -0.2) is 33.4 Å². The second kappa shape index (κ2) is 5.96. The number of nitrogens with zero attached hydrogens (tertiary/aromatic N) is 1. The van der Waals surface area contributed by atoms with E-state index in [1.54, 1.807) is 0 Å². The molecule has 0 radical (unpaired) electrons. The van der Waals surface area contributed by atoms with Gasteiger partial charge in [-0.25, -0.2) is 13.3 Å². The Balaban J connectivity index is 3.65. The SMILES string of the molecule is CCCCOS(=O)N(C)C(=O)O. The molecule has 0 bridgehead atoms. The lowest BCUT2D eigenvalue weighted by atomic mass is 10.4. The highest BCUT2D eigenvalue weighted by Crippen LogP contribution is 1.96. The van der Waals surface area contributed by atoms with Crippen molar-refractivity contribution in [1.29, 1.82) is 0 Å². The van der Waals surface area contributed by atoms with Crippen LogP contribution >= 0.6 is 0 Å². The first-order valence-corrected chi connectivity index (χ1v) is 4.64. The molecule has 1 atom stereocenters. The highest BCUT2D eigenvalue weighted by molar-refractivity contribution is 7.78. The number of hydrogen-bond donors (Lipinski definition) is 1. The van der Waals surface area contributed by atoms with Crippen LogP contribution in [0.4, 0.5) is 4.79 Å². The molecule has 0 aromatic rings. The number of unbranched alkanes of at least 4 members (excludes halogenated alkanes) is 1. The first-order chi connectivity index (χ1) is 5.59. The first kappa shape index (κ1) is 11.4. The van der Waals surface area contributed by atoms with E-state index in [4.69, 9.17) is 9.29 Å². The van der Waals surface area contributed by atoms with Gasteiger partial charge in [0, 0.05) is 7.05 Å². The normalized spacial score (nSPS) is 12.5.